The van der Waals surface area contributed by atoms with Crippen molar-refractivity contribution in [3.05, 3.63) is 57.7 Å². The van der Waals surface area contributed by atoms with Gasteiger partial charge in [0.1, 0.15) is 28.4 Å². The van der Waals surface area contributed by atoms with Crippen molar-refractivity contribution in [3.63, 3.8) is 0 Å². The molecule has 4 aliphatic heterocycles. The van der Waals surface area contributed by atoms with Gasteiger partial charge < -0.3 is 28.8 Å². The Morgan fingerprint density at radius 3 is 2.36 bits per heavy atom. The summed E-state index contributed by atoms with van der Waals surface area (Å²) >= 11 is 0. The second-order valence-corrected chi connectivity index (χ2v) is 17.1. The molecule has 7 atom stereocenters. The number of phenols is 1. The quantitative estimate of drug-likeness (QED) is 0.167. The number of ketones is 2. The normalized spacial score (nSPS) is 33.6. The zero-order valence-electron chi connectivity index (χ0n) is 32.7. The van der Waals surface area contributed by atoms with Crippen molar-refractivity contribution in [3.8, 4) is 17.2 Å². The molecule has 1 aromatic carbocycles. The number of esters is 1. The largest absolute Gasteiger partial charge is 0.506 e. The number of morpholine rings is 1. The molecule has 7 aliphatic rings. The van der Waals surface area contributed by atoms with E-state index in [0.29, 0.717) is 68.0 Å². The first-order valence-corrected chi connectivity index (χ1v) is 19.1. The number of benzene rings is 1. The molecule has 1 aromatic rings. The second-order valence-electron chi connectivity index (χ2n) is 17.1. The summed E-state index contributed by atoms with van der Waals surface area (Å²) in [4.78, 5) is 45.7. The van der Waals surface area contributed by atoms with Gasteiger partial charge in [-0.3, -0.25) is 14.5 Å². The number of nitrogens with zero attached hydrogens (tertiary/aromatic N) is 1. The van der Waals surface area contributed by atoms with Crippen molar-refractivity contribution in [1.29, 1.82) is 0 Å². The van der Waals surface area contributed by atoms with Crippen LogP contribution in [0.2, 0.25) is 0 Å². The Morgan fingerprint density at radius 1 is 1.00 bits per heavy atom. The van der Waals surface area contributed by atoms with E-state index in [-0.39, 0.29) is 41.0 Å². The van der Waals surface area contributed by atoms with E-state index in [1.807, 2.05) is 46.8 Å². The van der Waals surface area contributed by atoms with Gasteiger partial charge in [-0.15, -0.1) is 0 Å². The van der Waals surface area contributed by atoms with E-state index in [4.69, 9.17) is 23.7 Å². The Balaban J connectivity index is 1.48. The number of carbonyl (C=O) groups excluding carboxylic acids is 3. The first kappa shape index (κ1) is 37.6. The lowest BCUT2D eigenvalue weighted by atomic mass is 9.44. The number of allylic oxidation sites excluding steroid dienone is 4. The minimum Gasteiger partial charge on any atom is -0.506 e. The number of phenolic OH excluding ortho intramolecular Hbond substituents is 1. The standard InChI is InChI=1S/C43H55NO9/c1-24(2)11-10-16-41(8)17-15-27-34(45)31-35(46)32-33(44-19-21-50-22-20-44)29-23-30-40(6,7)53-42(38(29)47,18-14-26(5)39(48)49-9)43(30,32)52-37(31)28(36(27)51-41)13-12-25(3)4/h11-12,14-15,17,29-30,32-33,45H,10,13,16,18-23H2,1-9H3/b26-14-/t29-,30-,32?,33?,41+,42-,43-/m1/s1. The molecule has 4 bridgehead atoms. The van der Waals surface area contributed by atoms with Crippen LogP contribution in [0.1, 0.15) is 103 Å². The number of aromatic hydroxyl groups is 1. The van der Waals surface area contributed by atoms with Gasteiger partial charge in [-0.1, -0.05) is 29.4 Å². The Hall–Kier alpha value is -3.73. The number of Topliss-reactive ketones (excluding diaryl/α,β-unsaturated/α-hetero) is 2. The van der Waals surface area contributed by atoms with E-state index in [9.17, 15) is 9.90 Å². The molecule has 0 radical (unpaired) electrons. The van der Waals surface area contributed by atoms with Gasteiger partial charge in [0, 0.05) is 48.5 Å². The molecule has 10 nitrogen and oxygen atoms in total. The van der Waals surface area contributed by atoms with Crippen molar-refractivity contribution in [2.75, 3.05) is 33.4 Å². The molecule has 4 heterocycles. The van der Waals surface area contributed by atoms with Gasteiger partial charge >= 0.3 is 5.97 Å². The monoisotopic (exact) mass is 729 g/mol. The lowest BCUT2D eigenvalue weighted by Gasteiger charge is -2.64. The first-order chi connectivity index (χ1) is 25.0. The Kier molecular flexibility index (Phi) is 9.39. The van der Waals surface area contributed by atoms with Crippen LogP contribution in [0.5, 0.6) is 17.2 Å². The molecule has 2 saturated heterocycles. The van der Waals surface area contributed by atoms with Gasteiger partial charge in [-0.25, -0.2) is 4.79 Å². The van der Waals surface area contributed by atoms with Crippen LogP contribution in [0.25, 0.3) is 6.08 Å². The van der Waals surface area contributed by atoms with Gasteiger partial charge in [0.05, 0.1) is 37.4 Å². The van der Waals surface area contributed by atoms with Crippen LogP contribution >= 0.6 is 0 Å². The third-order valence-corrected chi connectivity index (χ3v) is 12.7. The maximum Gasteiger partial charge on any atom is 0.333 e. The van der Waals surface area contributed by atoms with Crippen molar-refractivity contribution in [2.24, 2.45) is 17.8 Å². The van der Waals surface area contributed by atoms with E-state index in [1.54, 1.807) is 13.0 Å². The summed E-state index contributed by atoms with van der Waals surface area (Å²) in [6.45, 7) is 17.9. The fourth-order valence-electron chi connectivity index (χ4n) is 10.3. The highest BCUT2D eigenvalue weighted by Gasteiger charge is 2.85. The average Bonchev–Trinajstić information content (AvgIpc) is 3.25. The lowest BCUT2D eigenvalue weighted by molar-refractivity contribution is -0.216. The molecule has 0 amide bonds. The number of hydrogen-bond acceptors (Lipinski definition) is 10. The minimum absolute atomic E-state index is 0.0278. The van der Waals surface area contributed by atoms with Crippen molar-refractivity contribution in [1.82, 2.24) is 4.90 Å². The lowest BCUT2D eigenvalue weighted by Crippen LogP contribution is -2.82. The smallest absolute Gasteiger partial charge is 0.333 e. The van der Waals surface area contributed by atoms with Crippen molar-refractivity contribution < 1.29 is 43.2 Å². The van der Waals surface area contributed by atoms with Crippen molar-refractivity contribution >= 4 is 23.6 Å². The topological polar surface area (TPSA) is 121 Å². The highest BCUT2D eigenvalue weighted by molar-refractivity contribution is 6.10. The van der Waals surface area contributed by atoms with Crippen LogP contribution in [0.15, 0.2) is 41.0 Å². The predicted molar refractivity (Wildman–Crippen MR) is 200 cm³/mol. The highest BCUT2D eigenvalue weighted by Crippen LogP contribution is 2.71. The number of hydrogen-bond donors (Lipinski definition) is 1. The summed E-state index contributed by atoms with van der Waals surface area (Å²) in [6, 6.07) is -0.485. The third-order valence-electron chi connectivity index (χ3n) is 12.7. The zero-order chi connectivity index (χ0) is 38.2. The molecule has 2 unspecified atom stereocenters. The van der Waals surface area contributed by atoms with E-state index in [2.05, 4.69) is 30.9 Å². The Morgan fingerprint density at radius 2 is 1.70 bits per heavy atom. The molecule has 3 saturated carbocycles. The molecule has 10 heteroatoms. The van der Waals surface area contributed by atoms with Gasteiger partial charge in [0.15, 0.2) is 22.8 Å². The Labute approximate surface area is 313 Å². The van der Waals surface area contributed by atoms with Crippen LogP contribution in [0.4, 0.5) is 0 Å². The zero-order valence-corrected chi connectivity index (χ0v) is 32.7. The summed E-state index contributed by atoms with van der Waals surface area (Å²) in [5.74, 6) is -2.04. The highest BCUT2D eigenvalue weighted by atomic mass is 16.6. The molecular formula is C43H55NO9. The summed E-state index contributed by atoms with van der Waals surface area (Å²) in [5, 5.41) is 12.2. The average molecular weight is 730 g/mol. The van der Waals surface area contributed by atoms with Crippen LogP contribution in [0, 0.1) is 17.8 Å². The fraction of sp³-hybridized carbons (Fsp3) is 0.605. The van der Waals surface area contributed by atoms with Crippen LogP contribution in [-0.4, -0.2) is 89.4 Å². The number of rotatable bonds is 9. The van der Waals surface area contributed by atoms with E-state index >= 15 is 9.59 Å². The van der Waals surface area contributed by atoms with Gasteiger partial charge in [-0.2, -0.15) is 0 Å². The first-order valence-electron chi connectivity index (χ1n) is 19.1. The molecule has 8 rings (SSSR count). The van der Waals surface area contributed by atoms with Gasteiger partial charge in [-0.05, 0) is 93.2 Å². The summed E-state index contributed by atoms with van der Waals surface area (Å²) in [6.07, 6.45) is 12.2. The van der Waals surface area contributed by atoms with Gasteiger partial charge in [0.25, 0.3) is 0 Å². The van der Waals surface area contributed by atoms with Crippen molar-refractivity contribution in [2.45, 2.75) is 116 Å². The second kappa shape index (κ2) is 13.2. The van der Waals surface area contributed by atoms with Crippen LogP contribution < -0.4 is 9.47 Å². The summed E-state index contributed by atoms with van der Waals surface area (Å²) in [5.41, 5.74) is -0.689. The maximum atomic E-state index is 15.6. The number of fused-ring (bicyclic) bond motifs is 2. The van der Waals surface area contributed by atoms with Crippen LogP contribution in [-0.2, 0) is 30.2 Å². The molecule has 5 fully saturated rings. The number of methoxy groups -OCH3 is 1. The molecule has 1 spiro atoms. The SMILES string of the molecule is COC(=O)/C(C)=C\C[C@@]12OC(C)(C)[C@H]3C[C@@H](C1=O)C(N1CCOCC1)C1C(=O)c4c(O)c5c(c(CC=C(C)C)c4O[C@@]132)O[C@@](C)(CCC=C(C)C)C=C5. The van der Waals surface area contributed by atoms with E-state index in [1.165, 1.54) is 12.7 Å². The minimum atomic E-state index is -1.58. The van der Waals surface area contributed by atoms with E-state index in [0.717, 1.165) is 12.0 Å². The van der Waals surface area contributed by atoms with Crippen LogP contribution in [0.3, 0.4) is 0 Å². The van der Waals surface area contributed by atoms with E-state index < -0.39 is 46.3 Å². The third kappa shape index (κ3) is 5.65. The maximum absolute atomic E-state index is 15.6. The molecule has 286 valence electrons. The molecule has 53 heavy (non-hydrogen) atoms. The van der Waals surface area contributed by atoms with Gasteiger partial charge in [0.2, 0.25) is 0 Å². The molecule has 1 N–H and O–H groups in total. The Bertz CT molecular complexity index is 1860. The number of ether oxygens (including phenoxy) is 5. The fourth-order valence-corrected chi connectivity index (χ4v) is 10.3. The molecule has 3 aliphatic carbocycles. The predicted octanol–water partition coefficient (Wildman–Crippen LogP) is 6.72. The molecular weight excluding hydrogens is 674 g/mol. The number of carbonyl (C=O) groups is 3. The summed E-state index contributed by atoms with van der Waals surface area (Å²) < 4.78 is 32.2. The molecule has 0 aromatic heterocycles. The summed E-state index contributed by atoms with van der Waals surface area (Å²) in [7, 11) is 1.32.